The van der Waals surface area contributed by atoms with Crippen LogP contribution >= 0.6 is 0 Å². The SMILES string of the molecule is [N-]=[N+]=NCC[CH]O. The van der Waals surface area contributed by atoms with E-state index in [4.69, 9.17) is 10.6 Å². The third-order valence-corrected chi connectivity index (χ3v) is 0.421. The smallest absolute Gasteiger partial charge is 0.0800 e. The van der Waals surface area contributed by atoms with Crippen LogP contribution in [0.5, 0.6) is 0 Å². The maximum atomic E-state index is 7.98. The van der Waals surface area contributed by atoms with E-state index in [9.17, 15) is 0 Å². The first-order valence-electron chi connectivity index (χ1n) is 1.88. The van der Waals surface area contributed by atoms with Gasteiger partial charge in [0.25, 0.3) is 0 Å². The lowest BCUT2D eigenvalue weighted by atomic mass is 10.5. The molecule has 0 aliphatic heterocycles. The van der Waals surface area contributed by atoms with Gasteiger partial charge in [-0.15, -0.1) is 0 Å². The maximum absolute atomic E-state index is 7.98. The van der Waals surface area contributed by atoms with Crippen molar-refractivity contribution in [3.05, 3.63) is 17.0 Å². The Labute approximate surface area is 41.4 Å². The van der Waals surface area contributed by atoms with Crippen LogP contribution < -0.4 is 0 Å². The Morgan fingerprint density at radius 2 is 2.57 bits per heavy atom. The Balaban J connectivity index is 2.83. The van der Waals surface area contributed by atoms with E-state index in [0.29, 0.717) is 13.0 Å². The number of aliphatic hydroxyl groups is 1. The highest BCUT2D eigenvalue weighted by Gasteiger charge is 1.76. The number of aliphatic hydroxyl groups excluding tert-OH is 1. The van der Waals surface area contributed by atoms with E-state index in [1.165, 1.54) is 0 Å². The van der Waals surface area contributed by atoms with E-state index in [-0.39, 0.29) is 0 Å². The molecule has 0 aliphatic carbocycles. The summed E-state index contributed by atoms with van der Waals surface area (Å²) < 4.78 is 0. The van der Waals surface area contributed by atoms with E-state index in [2.05, 4.69) is 10.0 Å². The number of azide groups is 1. The highest BCUT2D eigenvalue weighted by Crippen LogP contribution is 1.81. The molecule has 0 spiro atoms. The van der Waals surface area contributed by atoms with Crippen LogP contribution in [-0.4, -0.2) is 11.7 Å². The van der Waals surface area contributed by atoms with Crippen molar-refractivity contribution in [2.45, 2.75) is 6.42 Å². The van der Waals surface area contributed by atoms with Crippen LogP contribution in [0, 0.1) is 6.61 Å². The second-order valence-electron chi connectivity index (χ2n) is 0.926. The zero-order valence-electron chi connectivity index (χ0n) is 3.78. The van der Waals surface area contributed by atoms with E-state index in [1.807, 2.05) is 0 Å². The average Bonchev–Trinajstić information content (AvgIpc) is 1.69. The van der Waals surface area contributed by atoms with Gasteiger partial charge in [-0.3, -0.25) is 0 Å². The topological polar surface area (TPSA) is 69.0 Å². The summed E-state index contributed by atoms with van der Waals surface area (Å²) in [4.78, 5) is 2.47. The van der Waals surface area contributed by atoms with Crippen LogP contribution in [0.4, 0.5) is 0 Å². The molecule has 0 unspecified atom stereocenters. The first-order valence-corrected chi connectivity index (χ1v) is 1.88. The molecule has 0 aliphatic rings. The first-order chi connectivity index (χ1) is 3.41. The zero-order valence-corrected chi connectivity index (χ0v) is 3.78. The second-order valence-corrected chi connectivity index (χ2v) is 0.926. The molecule has 0 aromatic carbocycles. The predicted molar refractivity (Wildman–Crippen MR) is 24.9 cm³/mol. The van der Waals surface area contributed by atoms with Gasteiger partial charge >= 0.3 is 0 Å². The van der Waals surface area contributed by atoms with Crippen molar-refractivity contribution < 1.29 is 5.11 Å². The molecule has 0 fully saturated rings. The Kier molecular flexibility index (Phi) is 4.72. The molecule has 0 heterocycles. The van der Waals surface area contributed by atoms with Crippen LogP contribution in [-0.2, 0) is 0 Å². The fourth-order valence-electron chi connectivity index (χ4n) is 0.160. The van der Waals surface area contributed by atoms with Gasteiger partial charge in [-0.05, 0) is 12.0 Å². The molecular weight excluding hydrogens is 94.1 g/mol. The van der Waals surface area contributed by atoms with Gasteiger partial charge < -0.3 is 5.11 Å². The minimum atomic E-state index is 0.340. The molecule has 0 amide bonds. The number of hydrogen-bond acceptors (Lipinski definition) is 2. The summed E-state index contributed by atoms with van der Waals surface area (Å²) >= 11 is 0. The molecule has 7 heavy (non-hydrogen) atoms. The van der Waals surface area contributed by atoms with Gasteiger partial charge in [0.05, 0.1) is 6.61 Å². The summed E-state index contributed by atoms with van der Waals surface area (Å²) in [7, 11) is 0. The predicted octanol–water partition coefficient (Wildman–Crippen LogP) is 1.22. The Morgan fingerprint density at radius 1 is 1.86 bits per heavy atom. The minimum Gasteiger partial charge on any atom is -0.390 e. The fraction of sp³-hybridized carbons (Fsp3) is 0.667. The molecular formula is C3H6N3O. The summed E-state index contributed by atoms with van der Waals surface area (Å²) in [5.74, 6) is 0. The summed E-state index contributed by atoms with van der Waals surface area (Å²) in [6.45, 7) is 1.31. The molecule has 4 heteroatoms. The fourth-order valence-corrected chi connectivity index (χ4v) is 0.160. The molecule has 1 radical (unpaired) electrons. The van der Waals surface area contributed by atoms with Crippen LogP contribution in [0.1, 0.15) is 6.42 Å². The van der Waals surface area contributed by atoms with Gasteiger partial charge in [0.15, 0.2) is 0 Å². The number of hydrogen-bond donors (Lipinski definition) is 1. The van der Waals surface area contributed by atoms with Crippen molar-refractivity contribution in [2.75, 3.05) is 6.54 Å². The lowest BCUT2D eigenvalue weighted by Crippen LogP contribution is -1.76. The highest BCUT2D eigenvalue weighted by atomic mass is 16.3. The van der Waals surface area contributed by atoms with E-state index < -0.39 is 0 Å². The standard InChI is InChI=1S/C3H6N3O/c4-6-5-2-1-3-7/h3,7H,1-2H2. The van der Waals surface area contributed by atoms with Crippen molar-refractivity contribution in [3.63, 3.8) is 0 Å². The highest BCUT2D eigenvalue weighted by molar-refractivity contribution is 4.50. The van der Waals surface area contributed by atoms with Crippen LogP contribution in [0.15, 0.2) is 5.11 Å². The summed E-state index contributed by atoms with van der Waals surface area (Å²) in [5, 5.41) is 11.1. The van der Waals surface area contributed by atoms with Gasteiger partial charge in [0.2, 0.25) is 0 Å². The second kappa shape index (κ2) is 5.27. The summed E-state index contributed by atoms with van der Waals surface area (Å²) in [6, 6.07) is 0. The molecule has 0 aromatic heterocycles. The molecule has 0 bridgehead atoms. The van der Waals surface area contributed by atoms with Gasteiger partial charge in [-0.1, -0.05) is 5.11 Å². The molecule has 0 saturated heterocycles. The van der Waals surface area contributed by atoms with E-state index in [1.54, 1.807) is 0 Å². The zero-order chi connectivity index (χ0) is 5.54. The molecule has 0 saturated carbocycles. The van der Waals surface area contributed by atoms with Crippen molar-refractivity contribution in [1.29, 1.82) is 0 Å². The largest absolute Gasteiger partial charge is 0.390 e. The van der Waals surface area contributed by atoms with E-state index >= 15 is 0 Å². The monoisotopic (exact) mass is 100 g/mol. The third kappa shape index (κ3) is 5.27. The van der Waals surface area contributed by atoms with Crippen molar-refractivity contribution >= 4 is 0 Å². The van der Waals surface area contributed by atoms with Gasteiger partial charge in [0, 0.05) is 11.5 Å². The minimum absolute atomic E-state index is 0.340. The number of rotatable bonds is 3. The lowest BCUT2D eigenvalue weighted by molar-refractivity contribution is 0.377. The van der Waals surface area contributed by atoms with Crippen LogP contribution in [0.3, 0.4) is 0 Å². The lowest BCUT2D eigenvalue weighted by Gasteiger charge is -1.79. The quantitative estimate of drug-likeness (QED) is 0.246. The van der Waals surface area contributed by atoms with Gasteiger partial charge in [0.1, 0.15) is 0 Å². The molecule has 0 atom stereocenters. The third-order valence-electron chi connectivity index (χ3n) is 0.421. The van der Waals surface area contributed by atoms with Crippen molar-refractivity contribution in [2.24, 2.45) is 5.11 Å². The maximum Gasteiger partial charge on any atom is 0.0800 e. The number of nitrogens with zero attached hydrogens (tertiary/aromatic N) is 3. The summed E-state index contributed by atoms with van der Waals surface area (Å²) in [6.07, 6.45) is 0.435. The molecule has 0 rings (SSSR count). The molecule has 0 aromatic rings. The van der Waals surface area contributed by atoms with Crippen LogP contribution in [0.25, 0.3) is 10.4 Å². The normalized spacial score (nSPS) is 7.57. The summed E-state index contributed by atoms with van der Waals surface area (Å²) in [5.41, 5.74) is 7.66. The molecule has 4 nitrogen and oxygen atoms in total. The van der Waals surface area contributed by atoms with Crippen molar-refractivity contribution in [3.8, 4) is 0 Å². The van der Waals surface area contributed by atoms with E-state index in [0.717, 1.165) is 6.61 Å². The van der Waals surface area contributed by atoms with Crippen molar-refractivity contribution in [1.82, 2.24) is 0 Å². The first kappa shape index (κ1) is 6.27. The van der Waals surface area contributed by atoms with Gasteiger partial charge in [-0.25, -0.2) is 0 Å². The Bertz CT molecular complexity index is 76.2. The Morgan fingerprint density at radius 3 is 3.00 bits per heavy atom. The van der Waals surface area contributed by atoms with Gasteiger partial charge in [-0.2, -0.15) is 0 Å². The Hall–Kier alpha value is -0.730. The van der Waals surface area contributed by atoms with Crippen LogP contribution in [0.2, 0.25) is 0 Å². The molecule has 1 N–H and O–H groups in total. The average molecular weight is 100 g/mol. The molecule has 39 valence electrons.